The Morgan fingerprint density at radius 3 is 2.53 bits per heavy atom. The third kappa shape index (κ3) is 3.11. The Hall–Kier alpha value is -1.74. The lowest BCUT2D eigenvalue weighted by Crippen LogP contribution is -1.93. The minimum Gasteiger partial charge on any atom is -0.289 e. The number of hydrogen-bond donors (Lipinski definition) is 0. The van der Waals surface area contributed by atoms with Crippen molar-refractivity contribution in [3.8, 4) is 0 Å². The van der Waals surface area contributed by atoms with Crippen LogP contribution < -0.4 is 0 Å². The summed E-state index contributed by atoms with van der Waals surface area (Å²) in [5, 5.41) is 0. The van der Waals surface area contributed by atoms with Crippen molar-refractivity contribution in [2.75, 3.05) is 0 Å². The van der Waals surface area contributed by atoms with E-state index in [4.69, 9.17) is 0 Å². The zero-order valence-electron chi connectivity index (χ0n) is 9.01. The molecule has 0 saturated carbocycles. The summed E-state index contributed by atoms with van der Waals surface area (Å²) in [4.78, 5) is 15.7. The third-order valence-electron chi connectivity index (χ3n) is 2.28. The summed E-state index contributed by atoms with van der Waals surface area (Å²) >= 11 is 3.43. The Balaban J connectivity index is 2.17. The van der Waals surface area contributed by atoms with Gasteiger partial charge in [-0.3, -0.25) is 9.78 Å². The van der Waals surface area contributed by atoms with Gasteiger partial charge in [0.25, 0.3) is 0 Å². The monoisotopic (exact) mass is 287 g/mol. The van der Waals surface area contributed by atoms with Gasteiger partial charge >= 0.3 is 0 Å². The van der Waals surface area contributed by atoms with E-state index >= 15 is 0 Å². The van der Waals surface area contributed by atoms with E-state index in [1.807, 2.05) is 24.3 Å². The minimum absolute atomic E-state index is 0.0249. The molecule has 0 spiro atoms. The van der Waals surface area contributed by atoms with E-state index in [2.05, 4.69) is 20.9 Å². The highest BCUT2D eigenvalue weighted by molar-refractivity contribution is 9.10. The van der Waals surface area contributed by atoms with Crippen molar-refractivity contribution in [2.45, 2.75) is 0 Å². The number of carbonyl (C=O) groups excluding carboxylic acids is 1. The number of carbonyl (C=O) groups is 1. The number of aromatic nitrogens is 1. The molecule has 2 nitrogen and oxygen atoms in total. The van der Waals surface area contributed by atoms with Crippen LogP contribution in [0, 0.1) is 0 Å². The van der Waals surface area contributed by atoms with E-state index in [1.54, 1.807) is 36.7 Å². The van der Waals surface area contributed by atoms with Gasteiger partial charge in [0.1, 0.15) is 0 Å². The van der Waals surface area contributed by atoms with E-state index in [9.17, 15) is 4.79 Å². The van der Waals surface area contributed by atoms with Gasteiger partial charge in [-0.15, -0.1) is 0 Å². The Kier molecular flexibility index (Phi) is 3.83. The second-order valence-electron chi connectivity index (χ2n) is 3.45. The van der Waals surface area contributed by atoms with Crippen LogP contribution in [0.3, 0.4) is 0 Å². The first-order valence-corrected chi connectivity index (χ1v) is 5.93. The lowest BCUT2D eigenvalue weighted by Gasteiger charge is -1.97. The van der Waals surface area contributed by atoms with Crippen LogP contribution in [0.15, 0.2) is 59.3 Å². The molecule has 0 amide bonds. The first-order chi connectivity index (χ1) is 8.27. The number of ketones is 1. The van der Waals surface area contributed by atoms with Gasteiger partial charge in [0, 0.05) is 22.4 Å². The number of nitrogens with zero attached hydrogens (tertiary/aromatic N) is 1. The Labute approximate surface area is 108 Å². The highest BCUT2D eigenvalue weighted by Crippen LogP contribution is 2.17. The summed E-state index contributed by atoms with van der Waals surface area (Å²) in [6.07, 6.45) is 6.58. The average molecular weight is 288 g/mol. The molecule has 0 aliphatic rings. The normalized spacial score (nSPS) is 10.6. The van der Waals surface area contributed by atoms with Gasteiger partial charge in [-0.2, -0.15) is 0 Å². The molecule has 0 unspecified atom stereocenters. The lowest BCUT2D eigenvalue weighted by molar-refractivity contribution is 0.104. The van der Waals surface area contributed by atoms with E-state index in [-0.39, 0.29) is 5.78 Å². The zero-order chi connectivity index (χ0) is 12.1. The van der Waals surface area contributed by atoms with Gasteiger partial charge in [0.15, 0.2) is 5.78 Å². The number of pyridine rings is 1. The van der Waals surface area contributed by atoms with Gasteiger partial charge in [0.05, 0.1) is 0 Å². The Morgan fingerprint density at radius 1 is 1.12 bits per heavy atom. The zero-order valence-corrected chi connectivity index (χ0v) is 10.6. The maximum atomic E-state index is 11.8. The Morgan fingerprint density at radius 2 is 1.82 bits per heavy atom. The first kappa shape index (κ1) is 11.7. The molecule has 1 heterocycles. The predicted molar refractivity (Wildman–Crippen MR) is 71.7 cm³/mol. The topological polar surface area (TPSA) is 30.0 Å². The van der Waals surface area contributed by atoms with Gasteiger partial charge in [-0.25, -0.2) is 0 Å². The molecule has 17 heavy (non-hydrogen) atoms. The third-order valence-corrected chi connectivity index (χ3v) is 3.01. The fraction of sp³-hybridized carbons (Fsp3) is 0. The van der Waals surface area contributed by atoms with E-state index < -0.39 is 0 Å². The summed E-state index contributed by atoms with van der Waals surface area (Å²) in [7, 11) is 0. The van der Waals surface area contributed by atoms with Crippen LogP contribution in [0.1, 0.15) is 15.9 Å². The highest BCUT2D eigenvalue weighted by Gasteiger charge is 2.00. The van der Waals surface area contributed by atoms with Gasteiger partial charge < -0.3 is 0 Å². The molecule has 2 rings (SSSR count). The lowest BCUT2D eigenvalue weighted by atomic mass is 10.1. The highest BCUT2D eigenvalue weighted by atomic mass is 79.9. The van der Waals surface area contributed by atoms with Crippen molar-refractivity contribution in [1.29, 1.82) is 0 Å². The second kappa shape index (κ2) is 5.55. The second-order valence-corrected chi connectivity index (χ2v) is 4.31. The van der Waals surface area contributed by atoms with E-state index in [0.29, 0.717) is 5.56 Å². The van der Waals surface area contributed by atoms with Gasteiger partial charge in [-0.05, 0) is 35.9 Å². The summed E-state index contributed by atoms with van der Waals surface area (Å²) in [5.41, 5.74) is 1.62. The van der Waals surface area contributed by atoms with Crippen LogP contribution in [0.25, 0.3) is 6.08 Å². The number of allylic oxidation sites excluding steroid dienone is 1. The fourth-order valence-corrected chi connectivity index (χ4v) is 1.81. The number of benzene rings is 1. The largest absolute Gasteiger partial charge is 0.289 e. The first-order valence-electron chi connectivity index (χ1n) is 5.14. The molecule has 0 fully saturated rings. The molecular weight excluding hydrogens is 278 g/mol. The molecule has 0 N–H and O–H groups in total. The average Bonchev–Trinajstić information content (AvgIpc) is 2.38. The summed E-state index contributed by atoms with van der Waals surface area (Å²) in [6.45, 7) is 0. The Bertz CT molecular complexity index is 549. The molecule has 1 aromatic carbocycles. The van der Waals surface area contributed by atoms with Crippen LogP contribution in [0.2, 0.25) is 0 Å². The molecule has 0 atom stereocenters. The van der Waals surface area contributed by atoms with Crippen LogP contribution in [0.4, 0.5) is 0 Å². The van der Waals surface area contributed by atoms with E-state index in [1.165, 1.54) is 0 Å². The molecule has 0 bridgehead atoms. The SMILES string of the molecule is O=C(C=Cc1ccccc1Br)c1ccncc1. The molecule has 84 valence electrons. The van der Waals surface area contributed by atoms with Crippen LogP contribution in [-0.2, 0) is 0 Å². The molecule has 1 aromatic heterocycles. The molecule has 0 saturated heterocycles. The summed E-state index contributed by atoms with van der Waals surface area (Å²) in [5.74, 6) is -0.0249. The van der Waals surface area contributed by atoms with Crippen LogP contribution >= 0.6 is 15.9 Å². The van der Waals surface area contributed by atoms with Crippen LogP contribution in [-0.4, -0.2) is 10.8 Å². The maximum absolute atomic E-state index is 11.8. The maximum Gasteiger partial charge on any atom is 0.185 e. The van der Waals surface area contributed by atoms with Gasteiger partial charge in [0.2, 0.25) is 0 Å². The van der Waals surface area contributed by atoms with Crippen molar-refractivity contribution < 1.29 is 4.79 Å². The van der Waals surface area contributed by atoms with Crippen molar-refractivity contribution in [3.63, 3.8) is 0 Å². The molecule has 0 aliphatic heterocycles. The summed E-state index contributed by atoms with van der Waals surface area (Å²) < 4.78 is 0.971. The minimum atomic E-state index is -0.0249. The molecule has 0 radical (unpaired) electrons. The van der Waals surface area contributed by atoms with Crippen molar-refractivity contribution in [2.24, 2.45) is 0 Å². The van der Waals surface area contributed by atoms with E-state index in [0.717, 1.165) is 10.0 Å². The fourth-order valence-electron chi connectivity index (χ4n) is 1.39. The van der Waals surface area contributed by atoms with Crippen molar-refractivity contribution >= 4 is 27.8 Å². The molecular formula is C14H10BrNO. The standard InChI is InChI=1S/C14H10BrNO/c15-13-4-2-1-3-11(13)5-6-14(17)12-7-9-16-10-8-12/h1-10H. The smallest absolute Gasteiger partial charge is 0.185 e. The number of halogens is 1. The van der Waals surface area contributed by atoms with Crippen molar-refractivity contribution in [3.05, 3.63) is 70.5 Å². The number of hydrogen-bond acceptors (Lipinski definition) is 2. The van der Waals surface area contributed by atoms with Crippen molar-refractivity contribution in [1.82, 2.24) is 4.98 Å². The van der Waals surface area contributed by atoms with Crippen LogP contribution in [0.5, 0.6) is 0 Å². The predicted octanol–water partition coefficient (Wildman–Crippen LogP) is 3.74. The molecule has 3 heteroatoms. The quantitative estimate of drug-likeness (QED) is 0.636. The molecule has 0 aliphatic carbocycles. The number of rotatable bonds is 3. The van der Waals surface area contributed by atoms with Gasteiger partial charge in [-0.1, -0.05) is 34.1 Å². The summed E-state index contributed by atoms with van der Waals surface area (Å²) in [6, 6.07) is 11.2. The molecule has 2 aromatic rings.